The molecule has 4 rings (SSSR count). The summed E-state index contributed by atoms with van der Waals surface area (Å²) >= 11 is 0. The van der Waals surface area contributed by atoms with Crippen molar-refractivity contribution in [1.29, 1.82) is 0 Å². The van der Waals surface area contributed by atoms with Crippen LogP contribution in [-0.2, 0) is 7.05 Å². The van der Waals surface area contributed by atoms with Crippen molar-refractivity contribution in [3.8, 4) is 11.3 Å². The summed E-state index contributed by atoms with van der Waals surface area (Å²) in [5, 5.41) is 5.18. The van der Waals surface area contributed by atoms with E-state index in [0.717, 1.165) is 28.0 Å². The van der Waals surface area contributed by atoms with Gasteiger partial charge in [-0.3, -0.25) is 9.67 Å². The van der Waals surface area contributed by atoms with E-state index in [4.69, 9.17) is 0 Å². The predicted octanol–water partition coefficient (Wildman–Crippen LogP) is 2.09. The standard InChI is InChI=1S/C16H16N6O/c1-9(2)12-8-22-7-10(4-5-13(22)18-12)14-11-6-17-16(23)19-15(11)20-21(14)3/h4-9H,1-3H3,(H,19,20,23). The van der Waals surface area contributed by atoms with Crippen molar-refractivity contribution in [2.75, 3.05) is 0 Å². The average molecular weight is 308 g/mol. The van der Waals surface area contributed by atoms with E-state index in [9.17, 15) is 4.79 Å². The molecule has 0 aliphatic rings. The molecule has 0 fully saturated rings. The van der Waals surface area contributed by atoms with Gasteiger partial charge in [-0.05, 0) is 18.1 Å². The predicted molar refractivity (Wildman–Crippen MR) is 87.4 cm³/mol. The van der Waals surface area contributed by atoms with Gasteiger partial charge in [0.05, 0.1) is 16.8 Å². The van der Waals surface area contributed by atoms with Gasteiger partial charge in [0.25, 0.3) is 0 Å². The van der Waals surface area contributed by atoms with Crippen molar-refractivity contribution in [2.24, 2.45) is 7.05 Å². The van der Waals surface area contributed by atoms with Crippen LogP contribution in [0.25, 0.3) is 27.9 Å². The quantitative estimate of drug-likeness (QED) is 0.615. The molecule has 4 aromatic rings. The molecule has 116 valence electrons. The molecule has 7 heteroatoms. The maximum absolute atomic E-state index is 11.4. The van der Waals surface area contributed by atoms with Crippen molar-refractivity contribution < 1.29 is 0 Å². The summed E-state index contributed by atoms with van der Waals surface area (Å²) in [4.78, 5) is 22.4. The van der Waals surface area contributed by atoms with Crippen LogP contribution in [0.15, 0.2) is 35.5 Å². The number of nitrogens with one attached hydrogen (secondary N) is 1. The smallest absolute Gasteiger partial charge is 0.306 e. The molecular weight excluding hydrogens is 292 g/mol. The van der Waals surface area contributed by atoms with Gasteiger partial charge < -0.3 is 4.40 Å². The molecular formula is C16H16N6O. The number of hydrogen-bond donors (Lipinski definition) is 1. The van der Waals surface area contributed by atoms with Gasteiger partial charge in [-0.15, -0.1) is 0 Å². The van der Waals surface area contributed by atoms with E-state index in [0.29, 0.717) is 11.6 Å². The van der Waals surface area contributed by atoms with Crippen LogP contribution in [0.1, 0.15) is 25.5 Å². The number of imidazole rings is 1. The lowest BCUT2D eigenvalue weighted by Crippen LogP contribution is -2.08. The van der Waals surface area contributed by atoms with Gasteiger partial charge in [0, 0.05) is 31.2 Å². The SMILES string of the molecule is CC(C)c1cn2cc(-c3c4cnc(=O)[nH]c4nn3C)ccc2n1. The Balaban J connectivity index is 1.95. The number of pyridine rings is 1. The first kappa shape index (κ1) is 13.7. The van der Waals surface area contributed by atoms with Crippen LogP contribution in [0.5, 0.6) is 0 Å². The molecule has 0 radical (unpaired) electrons. The Kier molecular flexibility index (Phi) is 2.84. The Hall–Kier alpha value is -2.96. The number of aromatic nitrogens is 6. The summed E-state index contributed by atoms with van der Waals surface area (Å²) in [5.41, 5.74) is 4.01. The molecule has 0 unspecified atom stereocenters. The molecule has 0 saturated carbocycles. The summed E-state index contributed by atoms with van der Waals surface area (Å²) in [6.45, 7) is 4.25. The third-order valence-corrected chi connectivity index (χ3v) is 3.95. The third kappa shape index (κ3) is 2.12. The van der Waals surface area contributed by atoms with Gasteiger partial charge in [0.1, 0.15) is 5.65 Å². The van der Waals surface area contributed by atoms with E-state index in [2.05, 4.69) is 33.9 Å². The van der Waals surface area contributed by atoms with Crippen LogP contribution in [0.3, 0.4) is 0 Å². The van der Waals surface area contributed by atoms with Crippen molar-refractivity contribution in [1.82, 2.24) is 29.1 Å². The fourth-order valence-electron chi connectivity index (χ4n) is 2.78. The Morgan fingerprint density at radius 2 is 2.04 bits per heavy atom. The second kappa shape index (κ2) is 4.77. The van der Waals surface area contributed by atoms with Crippen molar-refractivity contribution in [3.63, 3.8) is 0 Å². The fraction of sp³-hybridized carbons (Fsp3) is 0.250. The molecule has 1 N–H and O–H groups in total. The topological polar surface area (TPSA) is 80.9 Å². The van der Waals surface area contributed by atoms with E-state index >= 15 is 0 Å². The summed E-state index contributed by atoms with van der Waals surface area (Å²) in [6.07, 6.45) is 5.63. The van der Waals surface area contributed by atoms with Crippen LogP contribution < -0.4 is 5.69 Å². The average Bonchev–Trinajstić information content (AvgIpc) is 3.06. The molecule has 7 nitrogen and oxygen atoms in total. The molecule has 0 aliphatic carbocycles. The highest BCUT2D eigenvalue weighted by Crippen LogP contribution is 2.27. The second-order valence-electron chi connectivity index (χ2n) is 5.93. The van der Waals surface area contributed by atoms with Crippen LogP contribution in [0, 0.1) is 0 Å². The fourth-order valence-corrected chi connectivity index (χ4v) is 2.78. The first-order valence-electron chi connectivity index (χ1n) is 7.44. The van der Waals surface area contributed by atoms with Crippen molar-refractivity contribution in [3.05, 3.63) is 46.9 Å². The molecule has 0 atom stereocenters. The van der Waals surface area contributed by atoms with Gasteiger partial charge in [-0.2, -0.15) is 5.10 Å². The van der Waals surface area contributed by atoms with Crippen LogP contribution in [-0.4, -0.2) is 29.1 Å². The molecule has 4 heterocycles. The van der Waals surface area contributed by atoms with E-state index in [1.807, 2.05) is 36.0 Å². The molecule has 0 amide bonds. The highest BCUT2D eigenvalue weighted by atomic mass is 16.1. The van der Waals surface area contributed by atoms with Crippen LogP contribution in [0.4, 0.5) is 0 Å². The zero-order chi connectivity index (χ0) is 16.1. The largest absolute Gasteiger partial charge is 0.346 e. The number of H-pyrrole nitrogens is 1. The maximum atomic E-state index is 11.4. The van der Waals surface area contributed by atoms with E-state index in [-0.39, 0.29) is 0 Å². The molecule has 0 aromatic carbocycles. The highest BCUT2D eigenvalue weighted by molar-refractivity contribution is 5.90. The van der Waals surface area contributed by atoms with Crippen molar-refractivity contribution in [2.45, 2.75) is 19.8 Å². The summed E-state index contributed by atoms with van der Waals surface area (Å²) in [5.74, 6) is 0.380. The lowest BCUT2D eigenvalue weighted by Gasteiger charge is -2.03. The first-order valence-corrected chi connectivity index (χ1v) is 7.44. The van der Waals surface area contributed by atoms with Gasteiger partial charge in [0.2, 0.25) is 0 Å². The number of hydrogen-bond acceptors (Lipinski definition) is 4. The minimum absolute atomic E-state index is 0.380. The van der Waals surface area contributed by atoms with Crippen LogP contribution >= 0.6 is 0 Å². The lowest BCUT2D eigenvalue weighted by atomic mass is 10.1. The van der Waals surface area contributed by atoms with E-state index < -0.39 is 5.69 Å². The number of rotatable bonds is 2. The summed E-state index contributed by atoms with van der Waals surface area (Å²) in [7, 11) is 1.85. The number of fused-ring (bicyclic) bond motifs is 2. The normalized spacial score (nSPS) is 11.8. The zero-order valence-corrected chi connectivity index (χ0v) is 13.1. The number of aromatic amines is 1. The lowest BCUT2D eigenvalue weighted by molar-refractivity contribution is 0.782. The minimum Gasteiger partial charge on any atom is -0.306 e. The molecule has 4 aromatic heterocycles. The Bertz CT molecular complexity index is 1090. The number of aryl methyl sites for hydroxylation is 1. The number of nitrogens with zero attached hydrogens (tertiary/aromatic N) is 5. The monoisotopic (exact) mass is 308 g/mol. The second-order valence-corrected chi connectivity index (χ2v) is 5.93. The van der Waals surface area contributed by atoms with Gasteiger partial charge in [-0.1, -0.05) is 13.8 Å². The van der Waals surface area contributed by atoms with Crippen LogP contribution in [0.2, 0.25) is 0 Å². The Morgan fingerprint density at radius 1 is 1.22 bits per heavy atom. The molecule has 23 heavy (non-hydrogen) atoms. The Labute approximate surface area is 131 Å². The van der Waals surface area contributed by atoms with E-state index in [1.54, 1.807) is 10.9 Å². The summed E-state index contributed by atoms with van der Waals surface area (Å²) < 4.78 is 3.77. The molecule has 0 aliphatic heterocycles. The molecule has 0 bridgehead atoms. The molecule has 0 saturated heterocycles. The zero-order valence-electron chi connectivity index (χ0n) is 13.1. The maximum Gasteiger partial charge on any atom is 0.346 e. The third-order valence-electron chi connectivity index (χ3n) is 3.95. The van der Waals surface area contributed by atoms with E-state index in [1.165, 1.54) is 0 Å². The molecule has 0 spiro atoms. The first-order chi connectivity index (χ1) is 11.0. The van der Waals surface area contributed by atoms with Gasteiger partial charge >= 0.3 is 5.69 Å². The minimum atomic E-state index is -0.395. The highest BCUT2D eigenvalue weighted by Gasteiger charge is 2.14. The van der Waals surface area contributed by atoms with Crippen molar-refractivity contribution >= 4 is 16.7 Å². The Morgan fingerprint density at radius 3 is 2.83 bits per heavy atom. The van der Waals surface area contributed by atoms with Gasteiger partial charge in [0.15, 0.2) is 5.65 Å². The van der Waals surface area contributed by atoms with Gasteiger partial charge in [-0.25, -0.2) is 14.8 Å². The summed E-state index contributed by atoms with van der Waals surface area (Å²) in [6, 6.07) is 3.99.